The number of nitrogens with one attached hydrogen (secondary N) is 2. The lowest BCUT2D eigenvalue weighted by Crippen LogP contribution is -2.41. The van der Waals surface area contributed by atoms with Crippen molar-refractivity contribution in [3.63, 3.8) is 0 Å². The number of hydrogen-bond acceptors (Lipinski definition) is 4. The Morgan fingerprint density at radius 3 is 2.90 bits per heavy atom. The van der Waals surface area contributed by atoms with Crippen molar-refractivity contribution in [3.05, 3.63) is 36.0 Å². The van der Waals surface area contributed by atoms with Gasteiger partial charge in [0.1, 0.15) is 0 Å². The Morgan fingerprint density at radius 1 is 1.29 bits per heavy atom. The standard InChI is InChI=1S/C15H19N3O2S/c1-11-7-8-12-4-2-6-14(15(12)17-11)18-21(19,20)13-5-3-9-16-10-13/h2,4,6-8,13,16,18H,3,5,9-10H2,1H3. The molecule has 5 nitrogen and oxygen atoms in total. The molecular formula is C15H19N3O2S. The van der Waals surface area contributed by atoms with Gasteiger partial charge in [0.15, 0.2) is 0 Å². The number of piperidine rings is 1. The monoisotopic (exact) mass is 305 g/mol. The highest BCUT2D eigenvalue weighted by atomic mass is 32.2. The molecule has 0 aliphatic carbocycles. The second-order valence-corrected chi connectivity index (χ2v) is 7.41. The molecule has 1 unspecified atom stereocenters. The second-order valence-electron chi connectivity index (χ2n) is 5.45. The molecule has 2 heterocycles. The zero-order valence-corrected chi connectivity index (χ0v) is 12.8. The van der Waals surface area contributed by atoms with E-state index in [0.717, 1.165) is 24.0 Å². The molecule has 6 heteroatoms. The largest absolute Gasteiger partial charge is 0.315 e. The number of hydrogen-bond donors (Lipinski definition) is 2. The van der Waals surface area contributed by atoms with Crippen LogP contribution in [0.5, 0.6) is 0 Å². The Balaban J connectivity index is 1.95. The second kappa shape index (κ2) is 5.61. The Hall–Kier alpha value is -1.66. The number of pyridine rings is 1. The first-order valence-corrected chi connectivity index (χ1v) is 8.69. The van der Waals surface area contributed by atoms with Crippen LogP contribution < -0.4 is 10.0 Å². The summed E-state index contributed by atoms with van der Waals surface area (Å²) in [5.41, 5.74) is 2.13. The van der Waals surface area contributed by atoms with Crippen molar-refractivity contribution >= 4 is 26.6 Å². The van der Waals surface area contributed by atoms with E-state index in [4.69, 9.17) is 0 Å². The third-order valence-corrected chi connectivity index (χ3v) is 5.59. The molecule has 1 aromatic heterocycles. The van der Waals surface area contributed by atoms with E-state index >= 15 is 0 Å². The Bertz CT molecular complexity index is 753. The molecule has 2 N–H and O–H groups in total. The molecule has 21 heavy (non-hydrogen) atoms. The molecule has 0 amide bonds. The molecule has 1 atom stereocenters. The zero-order valence-electron chi connectivity index (χ0n) is 12.0. The van der Waals surface area contributed by atoms with Crippen molar-refractivity contribution in [1.82, 2.24) is 10.3 Å². The van der Waals surface area contributed by atoms with Gasteiger partial charge in [0, 0.05) is 17.6 Å². The third-order valence-electron chi connectivity index (χ3n) is 3.80. The molecule has 1 aliphatic rings. The van der Waals surface area contributed by atoms with Crippen molar-refractivity contribution in [2.24, 2.45) is 0 Å². The average molecular weight is 305 g/mol. The van der Waals surface area contributed by atoms with Gasteiger partial charge in [-0.25, -0.2) is 8.42 Å². The summed E-state index contributed by atoms with van der Waals surface area (Å²) in [6, 6.07) is 9.42. The molecule has 0 radical (unpaired) electrons. The molecule has 1 aliphatic heterocycles. The minimum absolute atomic E-state index is 0.383. The normalized spacial score (nSPS) is 19.6. The van der Waals surface area contributed by atoms with E-state index in [1.54, 1.807) is 6.07 Å². The number of para-hydroxylation sites is 1. The van der Waals surface area contributed by atoms with Crippen LogP contribution >= 0.6 is 0 Å². The molecule has 1 saturated heterocycles. The predicted octanol–water partition coefficient (Wildman–Crippen LogP) is 2.04. The quantitative estimate of drug-likeness (QED) is 0.910. The summed E-state index contributed by atoms with van der Waals surface area (Å²) in [6.45, 7) is 3.30. The van der Waals surface area contributed by atoms with Crippen LogP contribution in [0.1, 0.15) is 18.5 Å². The summed E-state index contributed by atoms with van der Waals surface area (Å²) in [6.07, 6.45) is 1.58. The van der Waals surface area contributed by atoms with Crippen LogP contribution in [-0.2, 0) is 10.0 Å². The highest BCUT2D eigenvalue weighted by Crippen LogP contribution is 2.24. The lowest BCUT2D eigenvalue weighted by atomic mass is 10.2. The van der Waals surface area contributed by atoms with Crippen LogP contribution in [0.2, 0.25) is 0 Å². The van der Waals surface area contributed by atoms with E-state index in [1.165, 1.54) is 0 Å². The van der Waals surface area contributed by atoms with Gasteiger partial charge in [0.2, 0.25) is 10.0 Å². The SMILES string of the molecule is Cc1ccc2cccc(NS(=O)(=O)C3CCCNC3)c2n1. The Kier molecular flexibility index (Phi) is 3.82. The van der Waals surface area contributed by atoms with Gasteiger partial charge in [-0.05, 0) is 38.4 Å². The van der Waals surface area contributed by atoms with Crippen molar-refractivity contribution in [2.75, 3.05) is 17.8 Å². The fraction of sp³-hybridized carbons (Fsp3) is 0.400. The van der Waals surface area contributed by atoms with E-state index in [0.29, 0.717) is 24.2 Å². The molecule has 3 rings (SSSR count). The van der Waals surface area contributed by atoms with Gasteiger partial charge in [-0.1, -0.05) is 18.2 Å². The van der Waals surface area contributed by atoms with Gasteiger partial charge < -0.3 is 5.32 Å². The number of aryl methyl sites for hydroxylation is 1. The van der Waals surface area contributed by atoms with E-state index in [9.17, 15) is 8.42 Å². The smallest absolute Gasteiger partial charge is 0.236 e. The topological polar surface area (TPSA) is 71.1 Å². The minimum atomic E-state index is -3.39. The fourth-order valence-corrected chi connectivity index (χ4v) is 4.10. The van der Waals surface area contributed by atoms with Gasteiger partial charge in [-0.3, -0.25) is 9.71 Å². The number of rotatable bonds is 3. The lowest BCUT2D eigenvalue weighted by molar-refractivity contribution is 0.499. The Labute approximate surface area is 124 Å². The van der Waals surface area contributed by atoms with E-state index in [1.807, 2.05) is 31.2 Å². The average Bonchev–Trinajstić information content (AvgIpc) is 2.48. The van der Waals surface area contributed by atoms with Crippen LogP contribution in [0.25, 0.3) is 10.9 Å². The van der Waals surface area contributed by atoms with Gasteiger partial charge in [-0.2, -0.15) is 0 Å². The number of anilines is 1. The van der Waals surface area contributed by atoms with Gasteiger partial charge in [-0.15, -0.1) is 0 Å². The minimum Gasteiger partial charge on any atom is -0.315 e. The predicted molar refractivity (Wildman–Crippen MR) is 84.9 cm³/mol. The fourth-order valence-electron chi connectivity index (χ4n) is 2.65. The summed E-state index contributed by atoms with van der Waals surface area (Å²) in [4.78, 5) is 4.46. The maximum atomic E-state index is 12.5. The number of aromatic nitrogens is 1. The van der Waals surface area contributed by atoms with Crippen molar-refractivity contribution < 1.29 is 8.42 Å². The summed E-state index contributed by atoms with van der Waals surface area (Å²) < 4.78 is 27.7. The van der Waals surface area contributed by atoms with Crippen LogP contribution in [0.15, 0.2) is 30.3 Å². The maximum Gasteiger partial charge on any atom is 0.236 e. The highest BCUT2D eigenvalue weighted by Gasteiger charge is 2.27. The molecular weight excluding hydrogens is 286 g/mol. The molecule has 0 spiro atoms. The summed E-state index contributed by atoms with van der Waals surface area (Å²) in [7, 11) is -3.39. The first-order valence-electron chi connectivity index (χ1n) is 7.15. The third kappa shape index (κ3) is 3.01. The maximum absolute atomic E-state index is 12.5. The highest BCUT2D eigenvalue weighted by molar-refractivity contribution is 7.93. The number of fused-ring (bicyclic) bond motifs is 1. The van der Waals surface area contributed by atoms with Gasteiger partial charge in [0.05, 0.1) is 16.5 Å². The van der Waals surface area contributed by atoms with E-state index < -0.39 is 10.0 Å². The van der Waals surface area contributed by atoms with E-state index in [-0.39, 0.29) is 5.25 Å². The van der Waals surface area contributed by atoms with Gasteiger partial charge >= 0.3 is 0 Å². The summed E-state index contributed by atoms with van der Waals surface area (Å²) in [5, 5.41) is 3.69. The van der Waals surface area contributed by atoms with Crippen LogP contribution in [0.3, 0.4) is 0 Å². The lowest BCUT2D eigenvalue weighted by Gasteiger charge is -2.23. The Morgan fingerprint density at radius 2 is 2.14 bits per heavy atom. The summed E-state index contributed by atoms with van der Waals surface area (Å²) >= 11 is 0. The first-order chi connectivity index (χ1) is 10.1. The van der Waals surface area contributed by atoms with Crippen molar-refractivity contribution in [1.29, 1.82) is 0 Å². The van der Waals surface area contributed by atoms with Crippen LogP contribution in [0, 0.1) is 6.92 Å². The number of sulfonamides is 1. The molecule has 2 aromatic rings. The number of nitrogens with zero attached hydrogens (tertiary/aromatic N) is 1. The molecule has 112 valence electrons. The molecule has 1 fully saturated rings. The molecule has 1 aromatic carbocycles. The van der Waals surface area contributed by atoms with Crippen molar-refractivity contribution in [2.45, 2.75) is 25.0 Å². The van der Waals surface area contributed by atoms with Crippen LogP contribution in [-0.4, -0.2) is 31.7 Å². The van der Waals surface area contributed by atoms with E-state index in [2.05, 4.69) is 15.0 Å². The molecule has 0 saturated carbocycles. The molecule has 0 bridgehead atoms. The van der Waals surface area contributed by atoms with Crippen molar-refractivity contribution in [3.8, 4) is 0 Å². The van der Waals surface area contributed by atoms with Crippen LogP contribution in [0.4, 0.5) is 5.69 Å². The van der Waals surface area contributed by atoms with Gasteiger partial charge in [0.25, 0.3) is 0 Å². The zero-order chi connectivity index (χ0) is 14.9. The number of benzene rings is 1. The first kappa shape index (κ1) is 14.3. The summed E-state index contributed by atoms with van der Waals surface area (Å²) in [5.74, 6) is 0.